The van der Waals surface area contributed by atoms with Gasteiger partial charge in [0, 0.05) is 21.0 Å². The molecule has 3 heteroatoms. The molecule has 0 bridgehead atoms. The molecule has 0 fully saturated rings. The molecule has 1 heterocycles. The highest BCUT2D eigenvalue weighted by Gasteiger charge is 1.99. The smallest absolute Gasteiger partial charge is 0.0748 e. The number of nitrogens with zero attached hydrogens (tertiary/aromatic N) is 1. The zero-order valence-electron chi connectivity index (χ0n) is 6.27. The van der Waals surface area contributed by atoms with Gasteiger partial charge in [-0.05, 0) is 6.07 Å². The second-order valence-corrected chi connectivity index (χ2v) is 3.34. The number of fused-ring (bicyclic) bond motifs is 1. The lowest BCUT2D eigenvalue weighted by atomic mass is 10.2. The van der Waals surface area contributed by atoms with E-state index in [0.717, 1.165) is 10.9 Å². The summed E-state index contributed by atoms with van der Waals surface area (Å²) in [5, 5.41) is 14.5. The first-order valence-electron chi connectivity index (χ1n) is 3.55. The minimum atomic E-state index is 0.970. The lowest BCUT2D eigenvalue weighted by molar-refractivity contribution is 0.322. The van der Waals surface area contributed by atoms with E-state index in [1.807, 2.05) is 23.6 Å². The third kappa shape index (κ3) is 1.08. The summed E-state index contributed by atoms with van der Waals surface area (Å²) < 4.78 is 1.22. The second kappa shape index (κ2) is 2.95. The van der Waals surface area contributed by atoms with Gasteiger partial charge in [0.25, 0.3) is 0 Å². The molecule has 60 valence electrons. The van der Waals surface area contributed by atoms with Gasteiger partial charge < -0.3 is 5.21 Å². The van der Waals surface area contributed by atoms with Gasteiger partial charge >= 0.3 is 0 Å². The summed E-state index contributed by atoms with van der Waals surface area (Å²) in [4.78, 5) is 0. The lowest BCUT2D eigenvalue weighted by Crippen LogP contribution is -1.75. The van der Waals surface area contributed by atoms with Crippen molar-refractivity contribution in [1.82, 2.24) is 0 Å². The number of hydrogen-bond donors (Lipinski definition) is 1. The van der Waals surface area contributed by atoms with Crippen LogP contribution in [-0.2, 0) is 0 Å². The van der Waals surface area contributed by atoms with Crippen LogP contribution in [0.5, 0.6) is 0 Å². The average Bonchev–Trinajstić information content (AvgIpc) is 2.50. The van der Waals surface area contributed by atoms with Crippen LogP contribution in [0.25, 0.3) is 10.1 Å². The zero-order chi connectivity index (χ0) is 8.39. The van der Waals surface area contributed by atoms with E-state index in [4.69, 9.17) is 5.21 Å². The van der Waals surface area contributed by atoms with Crippen LogP contribution in [0.2, 0.25) is 0 Å². The van der Waals surface area contributed by atoms with Crippen LogP contribution in [0.15, 0.2) is 34.8 Å². The van der Waals surface area contributed by atoms with Crippen molar-refractivity contribution in [2.24, 2.45) is 5.16 Å². The summed E-state index contributed by atoms with van der Waals surface area (Å²) in [7, 11) is 0. The van der Waals surface area contributed by atoms with Crippen LogP contribution >= 0.6 is 11.3 Å². The van der Waals surface area contributed by atoms with E-state index in [9.17, 15) is 0 Å². The first-order valence-corrected chi connectivity index (χ1v) is 4.43. The Hall–Kier alpha value is -1.35. The van der Waals surface area contributed by atoms with Crippen molar-refractivity contribution in [1.29, 1.82) is 0 Å². The van der Waals surface area contributed by atoms with Crippen molar-refractivity contribution in [2.75, 3.05) is 0 Å². The highest BCUT2D eigenvalue weighted by molar-refractivity contribution is 7.17. The molecule has 12 heavy (non-hydrogen) atoms. The summed E-state index contributed by atoms with van der Waals surface area (Å²) >= 11 is 1.65. The van der Waals surface area contributed by atoms with E-state index in [2.05, 4.69) is 11.2 Å². The van der Waals surface area contributed by atoms with Gasteiger partial charge in [0.2, 0.25) is 0 Å². The van der Waals surface area contributed by atoms with Crippen LogP contribution in [0.4, 0.5) is 0 Å². The molecule has 1 aromatic carbocycles. The van der Waals surface area contributed by atoms with Crippen LogP contribution in [0.3, 0.4) is 0 Å². The lowest BCUT2D eigenvalue weighted by Gasteiger charge is -1.87. The normalized spacial score (nSPS) is 11.3. The summed E-state index contributed by atoms with van der Waals surface area (Å²) in [6.07, 6.45) is 1.46. The molecule has 2 aromatic rings. The fraction of sp³-hybridized carbons (Fsp3) is 0. The number of benzene rings is 1. The second-order valence-electron chi connectivity index (χ2n) is 2.43. The summed E-state index contributed by atoms with van der Waals surface area (Å²) in [6.45, 7) is 0. The van der Waals surface area contributed by atoms with Crippen molar-refractivity contribution in [3.05, 3.63) is 35.2 Å². The van der Waals surface area contributed by atoms with Crippen molar-refractivity contribution >= 4 is 27.6 Å². The van der Waals surface area contributed by atoms with Gasteiger partial charge in [0.1, 0.15) is 0 Å². The highest BCUT2D eigenvalue weighted by atomic mass is 32.1. The molecule has 0 saturated heterocycles. The maximum absolute atomic E-state index is 8.37. The molecule has 2 nitrogen and oxygen atoms in total. The van der Waals surface area contributed by atoms with Crippen LogP contribution < -0.4 is 0 Å². The topological polar surface area (TPSA) is 32.6 Å². The predicted octanol–water partition coefficient (Wildman–Crippen LogP) is 2.71. The van der Waals surface area contributed by atoms with Crippen molar-refractivity contribution in [2.45, 2.75) is 0 Å². The molecular formula is C9H7NOS. The van der Waals surface area contributed by atoms with Crippen molar-refractivity contribution < 1.29 is 5.21 Å². The van der Waals surface area contributed by atoms with E-state index in [-0.39, 0.29) is 0 Å². The maximum Gasteiger partial charge on any atom is 0.0748 e. The fourth-order valence-electron chi connectivity index (χ4n) is 1.16. The molecule has 0 amide bonds. The van der Waals surface area contributed by atoms with Gasteiger partial charge in [-0.3, -0.25) is 0 Å². The predicted molar refractivity (Wildman–Crippen MR) is 51.2 cm³/mol. The monoisotopic (exact) mass is 177 g/mol. The van der Waals surface area contributed by atoms with Crippen LogP contribution in [0, 0.1) is 0 Å². The molecule has 0 aliphatic rings. The Balaban J connectivity index is 2.70. The minimum Gasteiger partial charge on any atom is -0.411 e. The molecule has 1 N–H and O–H groups in total. The summed E-state index contributed by atoms with van der Waals surface area (Å²) in [5.41, 5.74) is 0.970. The molecule has 0 saturated carbocycles. The zero-order valence-corrected chi connectivity index (χ0v) is 7.08. The Kier molecular flexibility index (Phi) is 1.80. The first-order chi connectivity index (χ1) is 5.92. The van der Waals surface area contributed by atoms with Gasteiger partial charge in [-0.2, -0.15) is 0 Å². The summed E-state index contributed by atoms with van der Waals surface area (Å²) in [5.74, 6) is 0. The maximum atomic E-state index is 8.37. The molecule has 0 aliphatic carbocycles. The SMILES string of the molecule is O/N=C/c1csc2ccccc12. The summed E-state index contributed by atoms with van der Waals surface area (Å²) in [6, 6.07) is 8.04. The molecule has 0 spiro atoms. The van der Waals surface area contributed by atoms with Gasteiger partial charge in [-0.1, -0.05) is 23.4 Å². The van der Waals surface area contributed by atoms with Gasteiger partial charge in [-0.15, -0.1) is 11.3 Å². The third-order valence-corrected chi connectivity index (χ3v) is 2.69. The molecule has 0 aliphatic heterocycles. The van der Waals surface area contributed by atoms with Crippen LogP contribution in [0.1, 0.15) is 5.56 Å². The number of oxime groups is 1. The third-order valence-electron chi connectivity index (χ3n) is 1.71. The van der Waals surface area contributed by atoms with E-state index < -0.39 is 0 Å². The Morgan fingerprint density at radius 2 is 2.17 bits per heavy atom. The number of rotatable bonds is 1. The Morgan fingerprint density at radius 3 is 3.00 bits per heavy atom. The molecule has 2 rings (SSSR count). The average molecular weight is 177 g/mol. The quantitative estimate of drug-likeness (QED) is 0.405. The van der Waals surface area contributed by atoms with Gasteiger partial charge in [0.15, 0.2) is 0 Å². The minimum absolute atomic E-state index is 0.970. The van der Waals surface area contributed by atoms with Crippen molar-refractivity contribution in [3.8, 4) is 0 Å². The first kappa shape index (κ1) is 7.31. The molecule has 0 unspecified atom stereocenters. The Bertz CT molecular complexity index is 419. The van der Waals surface area contributed by atoms with E-state index in [1.54, 1.807) is 11.3 Å². The van der Waals surface area contributed by atoms with E-state index >= 15 is 0 Å². The Labute approximate surface area is 73.8 Å². The molecular weight excluding hydrogens is 170 g/mol. The van der Waals surface area contributed by atoms with Crippen molar-refractivity contribution in [3.63, 3.8) is 0 Å². The van der Waals surface area contributed by atoms with Gasteiger partial charge in [-0.25, -0.2) is 0 Å². The van der Waals surface area contributed by atoms with Gasteiger partial charge in [0.05, 0.1) is 6.21 Å². The fourth-order valence-corrected chi connectivity index (χ4v) is 2.07. The molecule has 0 atom stereocenters. The Morgan fingerprint density at radius 1 is 1.33 bits per heavy atom. The van der Waals surface area contributed by atoms with E-state index in [1.165, 1.54) is 10.9 Å². The van der Waals surface area contributed by atoms with Crippen LogP contribution in [-0.4, -0.2) is 11.4 Å². The largest absolute Gasteiger partial charge is 0.411 e. The standard InChI is InChI=1S/C9H7NOS/c11-10-5-7-6-12-9-4-2-1-3-8(7)9/h1-6,11H/b10-5+. The number of hydrogen-bond acceptors (Lipinski definition) is 3. The highest BCUT2D eigenvalue weighted by Crippen LogP contribution is 2.23. The molecule has 0 radical (unpaired) electrons. The molecule has 1 aromatic heterocycles. The number of thiophene rings is 1. The van der Waals surface area contributed by atoms with E-state index in [0.29, 0.717) is 0 Å².